The van der Waals surface area contributed by atoms with Crippen molar-refractivity contribution >= 4 is 17.5 Å². The summed E-state index contributed by atoms with van der Waals surface area (Å²) in [6.07, 6.45) is 2.24. The Labute approximate surface area is 112 Å². The number of amides is 1. The van der Waals surface area contributed by atoms with Crippen LogP contribution in [0.5, 0.6) is 0 Å². The molecule has 2 unspecified atom stereocenters. The van der Waals surface area contributed by atoms with E-state index in [1.165, 1.54) is 5.56 Å². The predicted octanol–water partition coefficient (Wildman–Crippen LogP) is 2.13. The summed E-state index contributed by atoms with van der Waals surface area (Å²) in [5.41, 5.74) is 1.18. The summed E-state index contributed by atoms with van der Waals surface area (Å²) in [4.78, 5) is 11.9. The smallest absolute Gasteiger partial charge is 0.249 e. The van der Waals surface area contributed by atoms with Crippen LogP contribution in [0.2, 0.25) is 0 Å². The first kappa shape index (κ1) is 13.4. The van der Waals surface area contributed by atoms with Crippen LogP contribution in [-0.2, 0) is 16.0 Å². The van der Waals surface area contributed by atoms with Gasteiger partial charge in [-0.2, -0.15) is 0 Å². The molecule has 0 radical (unpaired) electrons. The highest BCUT2D eigenvalue weighted by Crippen LogP contribution is 2.13. The summed E-state index contributed by atoms with van der Waals surface area (Å²) in [6.45, 7) is 0.683. The van der Waals surface area contributed by atoms with Gasteiger partial charge in [0, 0.05) is 18.5 Å². The standard InChI is InChI=1S/C14H18ClNO2/c15-10-12(9-11-5-2-1-3-6-11)16-14(17)13-7-4-8-18-13/h1-3,5-6,12-13H,4,7-10H2,(H,16,17). The first-order chi connectivity index (χ1) is 8.79. The first-order valence-corrected chi connectivity index (χ1v) is 6.85. The molecule has 2 atom stereocenters. The topological polar surface area (TPSA) is 38.3 Å². The summed E-state index contributed by atoms with van der Waals surface area (Å²) >= 11 is 5.91. The minimum Gasteiger partial charge on any atom is -0.368 e. The molecule has 98 valence electrons. The third kappa shape index (κ3) is 3.72. The fourth-order valence-electron chi connectivity index (χ4n) is 2.12. The highest BCUT2D eigenvalue weighted by atomic mass is 35.5. The largest absolute Gasteiger partial charge is 0.368 e. The van der Waals surface area contributed by atoms with Crippen molar-refractivity contribution in [2.45, 2.75) is 31.4 Å². The van der Waals surface area contributed by atoms with Gasteiger partial charge in [0.1, 0.15) is 6.10 Å². The van der Waals surface area contributed by atoms with E-state index in [1.807, 2.05) is 30.3 Å². The Bertz CT molecular complexity index is 377. The molecular weight excluding hydrogens is 250 g/mol. The number of nitrogens with one attached hydrogen (secondary N) is 1. The molecule has 0 aromatic heterocycles. The van der Waals surface area contributed by atoms with Crippen LogP contribution in [0, 0.1) is 0 Å². The van der Waals surface area contributed by atoms with Gasteiger partial charge in [0.2, 0.25) is 5.91 Å². The quantitative estimate of drug-likeness (QED) is 0.830. The van der Waals surface area contributed by atoms with E-state index in [0.29, 0.717) is 12.5 Å². The molecule has 0 saturated carbocycles. The Balaban J connectivity index is 1.87. The summed E-state index contributed by atoms with van der Waals surface area (Å²) in [5, 5.41) is 2.96. The molecular formula is C14H18ClNO2. The van der Waals surface area contributed by atoms with Crippen molar-refractivity contribution in [1.82, 2.24) is 5.32 Å². The summed E-state index contributed by atoms with van der Waals surface area (Å²) in [5.74, 6) is 0.377. The van der Waals surface area contributed by atoms with E-state index in [0.717, 1.165) is 19.3 Å². The molecule has 1 fully saturated rings. The summed E-state index contributed by atoms with van der Waals surface area (Å²) in [7, 11) is 0. The Kier molecular flexibility index (Phi) is 5.02. The molecule has 1 aromatic carbocycles. The lowest BCUT2D eigenvalue weighted by atomic mass is 10.1. The number of carbonyl (C=O) groups excluding carboxylic acids is 1. The van der Waals surface area contributed by atoms with Gasteiger partial charge in [-0.3, -0.25) is 4.79 Å². The van der Waals surface area contributed by atoms with Crippen molar-refractivity contribution in [1.29, 1.82) is 0 Å². The van der Waals surface area contributed by atoms with E-state index < -0.39 is 0 Å². The second-order valence-corrected chi connectivity index (χ2v) is 4.86. The molecule has 1 aliphatic heterocycles. The van der Waals surface area contributed by atoms with E-state index in [4.69, 9.17) is 16.3 Å². The molecule has 0 spiro atoms. The van der Waals surface area contributed by atoms with Gasteiger partial charge < -0.3 is 10.1 Å². The molecule has 0 aliphatic carbocycles. The normalized spacial score (nSPS) is 20.6. The zero-order chi connectivity index (χ0) is 12.8. The summed E-state index contributed by atoms with van der Waals surface area (Å²) in [6, 6.07) is 10.00. The number of rotatable bonds is 5. The molecule has 2 rings (SSSR count). The number of benzene rings is 1. The van der Waals surface area contributed by atoms with Gasteiger partial charge in [-0.05, 0) is 24.8 Å². The van der Waals surface area contributed by atoms with Crippen molar-refractivity contribution in [2.75, 3.05) is 12.5 Å². The molecule has 18 heavy (non-hydrogen) atoms. The molecule has 4 heteroatoms. The Hall–Kier alpha value is -1.06. The van der Waals surface area contributed by atoms with E-state index in [1.54, 1.807) is 0 Å². The highest BCUT2D eigenvalue weighted by molar-refractivity contribution is 6.18. The average Bonchev–Trinajstić information content (AvgIpc) is 2.93. The lowest BCUT2D eigenvalue weighted by Crippen LogP contribution is -2.43. The van der Waals surface area contributed by atoms with Gasteiger partial charge in [0.25, 0.3) is 0 Å². The van der Waals surface area contributed by atoms with Crippen LogP contribution in [-0.4, -0.2) is 30.5 Å². The maximum Gasteiger partial charge on any atom is 0.249 e. The highest BCUT2D eigenvalue weighted by Gasteiger charge is 2.25. The Morgan fingerprint density at radius 1 is 1.44 bits per heavy atom. The van der Waals surface area contributed by atoms with Crippen molar-refractivity contribution in [3.05, 3.63) is 35.9 Å². The van der Waals surface area contributed by atoms with Gasteiger partial charge >= 0.3 is 0 Å². The Morgan fingerprint density at radius 3 is 2.83 bits per heavy atom. The number of ether oxygens (including phenoxy) is 1. The van der Waals surface area contributed by atoms with Crippen LogP contribution in [0.1, 0.15) is 18.4 Å². The first-order valence-electron chi connectivity index (χ1n) is 6.31. The van der Waals surface area contributed by atoms with Gasteiger partial charge in [0.15, 0.2) is 0 Å². The minimum atomic E-state index is -0.286. The zero-order valence-corrected chi connectivity index (χ0v) is 11.0. The Morgan fingerprint density at radius 2 is 2.22 bits per heavy atom. The number of hydrogen-bond donors (Lipinski definition) is 1. The van der Waals surface area contributed by atoms with Gasteiger partial charge in [0.05, 0.1) is 0 Å². The SMILES string of the molecule is O=C(NC(CCl)Cc1ccccc1)C1CCCO1. The summed E-state index contributed by atoms with van der Waals surface area (Å²) < 4.78 is 5.36. The lowest BCUT2D eigenvalue weighted by Gasteiger charge is -2.18. The molecule has 1 N–H and O–H groups in total. The van der Waals surface area contributed by atoms with Crippen LogP contribution in [0.3, 0.4) is 0 Å². The maximum absolute atomic E-state index is 11.9. The van der Waals surface area contributed by atoms with Gasteiger partial charge in [-0.1, -0.05) is 30.3 Å². The van der Waals surface area contributed by atoms with E-state index in [9.17, 15) is 4.79 Å². The van der Waals surface area contributed by atoms with Crippen molar-refractivity contribution < 1.29 is 9.53 Å². The average molecular weight is 268 g/mol. The zero-order valence-electron chi connectivity index (χ0n) is 10.3. The lowest BCUT2D eigenvalue weighted by molar-refractivity contribution is -0.130. The molecule has 1 aliphatic rings. The van der Waals surface area contributed by atoms with Crippen molar-refractivity contribution in [2.24, 2.45) is 0 Å². The van der Waals surface area contributed by atoms with Crippen LogP contribution in [0.25, 0.3) is 0 Å². The van der Waals surface area contributed by atoms with Crippen LogP contribution in [0.15, 0.2) is 30.3 Å². The second kappa shape index (κ2) is 6.76. The van der Waals surface area contributed by atoms with E-state index >= 15 is 0 Å². The molecule has 1 heterocycles. The molecule has 1 amide bonds. The van der Waals surface area contributed by atoms with Gasteiger partial charge in [-0.25, -0.2) is 0 Å². The van der Waals surface area contributed by atoms with E-state index in [2.05, 4.69) is 5.32 Å². The monoisotopic (exact) mass is 267 g/mol. The second-order valence-electron chi connectivity index (χ2n) is 4.55. The van der Waals surface area contributed by atoms with Crippen molar-refractivity contribution in [3.8, 4) is 0 Å². The van der Waals surface area contributed by atoms with Crippen LogP contribution < -0.4 is 5.32 Å². The van der Waals surface area contributed by atoms with Gasteiger partial charge in [-0.15, -0.1) is 11.6 Å². The number of hydrogen-bond acceptors (Lipinski definition) is 2. The number of halogens is 1. The number of alkyl halides is 1. The third-order valence-electron chi connectivity index (χ3n) is 3.08. The molecule has 3 nitrogen and oxygen atoms in total. The fourth-order valence-corrected chi connectivity index (χ4v) is 2.31. The molecule has 1 aromatic rings. The van der Waals surface area contributed by atoms with Crippen LogP contribution in [0.4, 0.5) is 0 Å². The third-order valence-corrected chi connectivity index (χ3v) is 3.45. The minimum absolute atomic E-state index is 0.0333. The molecule has 0 bridgehead atoms. The van der Waals surface area contributed by atoms with Crippen molar-refractivity contribution in [3.63, 3.8) is 0 Å². The maximum atomic E-state index is 11.9. The predicted molar refractivity (Wildman–Crippen MR) is 71.8 cm³/mol. The number of carbonyl (C=O) groups is 1. The fraction of sp³-hybridized carbons (Fsp3) is 0.500. The van der Waals surface area contributed by atoms with E-state index in [-0.39, 0.29) is 18.1 Å². The van der Waals surface area contributed by atoms with Crippen LogP contribution >= 0.6 is 11.6 Å². The molecule has 1 saturated heterocycles.